The van der Waals surface area contributed by atoms with Gasteiger partial charge in [-0.2, -0.15) is 4.98 Å². The van der Waals surface area contributed by atoms with Gasteiger partial charge in [0.1, 0.15) is 6.04 Å². The Kier molecular flexibility index (Phi) is 3.81. The van der Waals surface area contributed by atoms with Crippen LogP contribution in [0, 0.1) is 0 Å². The Labute approximate surface area is 112 Å². The highest BCUT2D eigenvalue weighted by atomic mass is 79.9. The lowest BCUT2D eigenvalue weighted by atomic mass is 10.3. The summed E-state index contributed by atoms with van der Waals surface area (Å²) in [5.74, 6) is 0.0675. The lowest BCUT2D eigenvalue weighted by Gasteiger charge is -2.10. The molecule has 0 radical (unpaired) electrons. The molecular weight excluding hydrogens is 300 g/mol. The minimum Gasteiger partial charge on any atom is -0.464 e. The van der Waals surface area contributed by atoms with Gasteiger partial charge in [0.25, 0.3) is 0 Å². The van der Waals surface area contributed by atoms with Crippen molar-refractivity contribution >= 4 is 33.5 Å². The molecule has 2 aromatic rings. The van der Waals surface area contributed by atoms with Gasteiger partial charge in [0.15, 0.2) is 5.65 Å². The first-order valence-corrected chi connectivity index (χ1v) is 6.35. The van der Waals surface area contributed by atoms with Gasteiger partial charge in [0.2, 0.25) is 5.95 Å². The van der Waals surface area contributed by atoms with E-state index >= 15 is 0 Å². The summed E-state index contributed by atoms with van der Waals surface area (Å²) in [6.07, 6.45) is 1.79. The zero-order chi connectivity index (χ0) is 13.1. The zero-order valence-electron chi connectivity index (χ0n) is 10.1. The Morgan fingerprint density at radius 2 is 2.44 bits per heavy atom. The van der Waals surface area contributed by atoms with Crippen LogP contribution in [0.1, 0.15) is 13.8 Å². The van der Waals surface area contributed by atoms with E-state index in [0.29, 0.717) is 18.2 Å². The average molecular weight is 313 g/mol. The number of hydrogen-bond acceptors (Lipinski definition) is 5. The minimum atomic E-state index is -0.485. The summed E-state index contributed by atoms with van der Waals surface area (Å²) in [6.45, 7) is 3.83. The van der Waals surface area contributed by atoms with E-state index in [-0.39, 0.29) is 5.97 Å². The number of esters is 1. The number of anilines is 1. The topological polar surface area (TPSA) is 68.5 Å². The van der Waals surface area contributed by atoms with E-state index < -0.39 is 6.04 Å². The predicted molar refractivity (Wildman–Crippen MR) is 70.4 cm³/mol. The van der Waals surface area contributed by atoms with Crippen molar-refractivity contribution in [3.05, 3.63) is 22.8 Å². The Hall–Kier alpha value is -1.63. The van der Waals surface area contributed by atoms with E-state index in [0.717, 1.165) is 4.47 Å². The van der Waals surface area contributed by atoms with Gasteiger partial charge in [-0.1, -0.05) is 0 Å². The second-order valence-electron chi connectivity index (χ2n) is 3.68. The molecule has 2 rings (SSSR count). The average Bonchev–Trinajstić information content (AvgIpc) is 2.73. The number of nitrogens with zero attached hydrogens (tertiary/aromatic N) is 3. The molecule has 1 unspecified atom stereocenters. The Bertz CT molecular complexity index is 569. The summed E-state index contributed by atoms with van der Waals surface area (Å²) in [4.78, 5) is 15.8. The molecule has 0 amide bonds. The number of aromatic nitrogens is 3. The zero-order valence-corrected chi connectivity index (χ0v) is 11.6. The fourth-order valence-corrected chi connectivity index (χ4v) is 1.88. The number of carbonyl (C=O) groups excluding carboxylic acids is 1. The molecule has 0 fully saturated rings. The van der Waals surface area contributed by atoms with E-state index in [9.17, 15) is 4.79 Å². The quantitative estimate of drug-likeness (QED) is 0.873. The highest BCUT2D eigenvalue weighted by molar-refractivity contribution is 9.10. The van der Waals surface area contributed by atoms with Crippen molar-refractivity contribution in [1.82, 2.24) is 14.6 Å². The van der Waals surface area contributed by atoms with E-state index in [4.69, 9.17) is 4.74 Å². The SMILES string of the molecule is CCOC(=O)C(C)Nc1nc2c(Br)cccn2n1. The summed E-state index contributed by atoms with van der Waals surface area (Å²) >= 11 is 3.39. The van der Waals surface area contributed by atoms with Crippen LogP contribution in [0.4, 0.5) is 5.95 Å². The van der Waals surface area contributed by atoms with Crippen molar-refractivity contribution < 1.29 is 9.53 Å². The van der Waals surface area contributed by atoms with E-state index in [1.54, 1.807) is 24.6 Å². The van der Waals surface area contributed by atoms with Crippen LogP contribution in [0.15, 0.2) is 22.8 Å². The van der Waals surface area contributed by atoms with Crippen LogP contribution >= 0.6 is 15.9 Å². The number of nitrogens with one attached hydrogen (secondary N) is 1. The number of rotatable bonds is 4. The molecule has 2 aromatic heterocycles. The van der Waals surface area contributed by atoms with Gasteiger partial charge in [-0.15, -0.1) is 5.10 Å². The van der Waals surface area contributed by atoms with Gasteiger partial charge in [-0.25, -0.2) is 9.31 Å². The molecular formula is C11H13BrN4O2. The molecule has 96 valence electrons. The molecule has 0 aliphatic carbocycles. The fraction of sp³-hybridized carbons (Fsp3) is 0.364. The maximum Gasteiger partial charge on any atom is 0.328 e. The second kappa shape index (κ2) is 5.34. The van der Waals surface area contributed by atoms with Crippen LogP contribution in [-0.2, 0) is 9.53 Å². The monoisotopic (exact) mass is 312 g/mol. The van der Waals surface area contributed by atoms with E-state index in [1.165, 1.54) is 0 Å². The summed E-state index contributed by atoms with van der Waals surface area (Å²) < 4.78 is 7.37. The molecule has 0 aliphatic rings. The van der Waals surface area contributed by atoms with Gasteiger partial charge in [0, 0.05) is 6.20 Å². The first-order chi connectivity index (χ1) is 8.61. The number of hydrogen-bond donors (Lipinski definition) is 1. The number of ether oxygens (including phenoxy) is 1. The fourth-order valence-electron chi connectivity index (χ4n) is 1.45. The molecule has 0 bridgehead atoms. The van der Waals surface area contributed by atoms with Gasteiger partial charge in [0.05, 0.1) is 11.1 Å². The maximum atomic E-state index is 11.5. The molecule has 0 saturated heterocycles. The molecule has 0 aliphatic heterocycles. The van der Waals surface area contributed by atoms with Crippen LogP contribution in [0.3, 0.4) is 0 Å². The molecule has 0 saturated carbocycles. The van der Waals surface area contributed by atoms with Crippen molar-refractivity contribution in [2.75, 3.05) is 11.9 Å². The third kappa shape index (κ3) is 2.61. The minimum absolute atomic E-state index is 0.324. The summed E-state index contributed by atoms with van der Waals surface area (Å²) in [6, 6.07) is 3.24. The van der Waals surface area contributed by atoms with Gasteiger partial charge in [-0.05, 0) is 41.9 Å². The standard InChI is InChI=1S/C11H13BrN4O2/c1-3-18-10(17)7(2)13-11-14-9-8(12)5-4-6-16(9)15-11/h4-7H,3H2,1-2H3,(H,13,15). The highest BCUT2D eigenvalue weighted by Gasteiger charge is 2.16. The molecule has 0 spiro atoms. The summed E-state index contributed by atoms with van der Waals surface area (Å²) in [5, 5.41) is 7.12. The lowest BCUT2D eigenvalue weighted by Crippen LogP contribution is -2.28. The molecule has 7 heteroatoms. The van der Waals surface area contributed by atoms with Crippen LogP contribution in [0.2, 0.25) is 0 Å². The third-order valence-electron chi connectivity index (χ3n) is 2.30. The Morgan fingerprint density at radius 3 is 3.11 bits per heavy atom. The number of pyridine rings is 1. The maximum absolute atomic E-state index is 11.5. The molecule has 1 N–H and O–H groups in total. The molecule has 6 nitrogen and oxygen atoms in total. The lowest BCUT2D eigenvalue weighted by molar-refractivity contribution is -0.143. The van der Waals surface area contributed by atoms with Gasteiger partial charge >= 0.3 is 5.97 Å². The van der Waals surface area contributed by atoms with Crippen LogP contribution in [0.5, 0.6) is 0 Å². The first-order valence-electron chi connectivity index (χ1n) is 5.56. The predicted octanol–water partition coefficient (Wildman–Crippen LogP) is 1.86. The largest absolute Gasteiger partial charge is 0.464 e. The Balaban J connectivity index is 2.17. The third-order valence-corrected chi connectivity index (χ3v) is 2.92. The van der Waals surface area contributed by atoms with Crippen LogP contribution in [0.25, 0.3) is 5.65 Å². The number of halogens is 1. The van der Waals surface area contributed by atoms with Crippen molar-refractivity contribution in [2.24, 2.45) is 0 Å². The van der Waals surface area contributed by atoms with Crippen molar-refractivity contribution in [1.29, 1.82) is 0 Å². The van der Waals surface area contributed by atoms with Crippen molar-refractivity contribution in [2.45, 2.75) is 19.9 Å². The smallest absolute Gasteiger partial charge is 0.328 e. The van der Waals surface area contributed by atoms with Crippen molar-refractivity contribution in [3.63, 3.8) is 0 Å². The van der Waals surface area contributed by atoms with E-state index in [1.807, 2.05) is 12.1 Å². The van der Waals surface area contributed by atoms with Crippen molar-refractivity contribution in [3.8, 4) is 0 Å². The summed E-state index contributed by atoms with van der Waals surface area (Å²) in [5.41, 5.74) is 0.691. The molecule has 1 atom stereocenters. The van der Waals surface area contributed by atoms with Crippen LogP contribution in [-0.4, -0.2) is 33.2 Å². The molecule has 0 aromatic carbocycles. The normalized spacial score (nSPS) is 12.4. The molecule has 18 heavy (non-hydrogen) atoms. The summed E-state index contributed by atoms with van der Waals surface area (Å²) in [7, 11) is 0. The van der Waals surface area contributed by atoms with Crippen LogP contribution < -0.4 is 5.32 Å². The molecule has 2 heterocycles. The van der Waals surface area contributed by atoms with E-state index in [2.05, 4.69) is 31.3 Å². The van der Waals surface area contributed by atoms with Gasteiger partial charge in [-0.3, -0.25) is 0 Å². The van der Waals surface area contributed by atoms with Gasteiger partial charge < -0.3 is 10.1 Å². The first kappa shape index (κ1) is 12.8. The number of fused-ring (bicyclic) bond motifs is 1. The highest BCUT2D eigenvalue weighted by Crippen LogP contribution is 2.17. The Morgan fingerprint density at radius 1 is 1.67 bits per heavy atom. The second-order valence-corrected chi connectivity index (χ2v) is 4.53. The number of carbonyl (C=O) groups is 1.